The van der Waals surface area contributed by atoms with E-state index >= 15 is 0 Å². The first-order chi connectivity index (χ1) is 9.22. The maximum atomic E-state index is 12.0. The van der Waals surface area contributed by atoms with Crippen molar-refractivity contribution < 1.29 is 9.53 Å². The van der Waals surface area contributed by atoms with Crippen molar-refractivity contribution in [2.24, 2.45) is 0 Å². The van der Waals surface area contributed by atoms with E-state index in [2.05, 4.69) is 18.7 Å². The van der Waals surface area contributed by atoms with Crippen molar-refractivity contribution in [3.05, 3.63) is 35.9 Å². The Bertz CT molecular complexity index is 364. The number of benzene rings is 1. The quantitative estimate of drug-likeness (QED) is 0.675. The summed E-state index contributed by atoms with van der Waals surface area (Å²) in [6, 6.07) is 9.89. The van der Waals surface area contributed by atoms with E-state index in [1.165, 1.54) is 13.5 Å². The predicted molar refractivity (Wildman–Crippen MR) is 78.2 cm³/mol. The minimum atomic E-state index is -0.192. The average Bonchev–Trinajstić information content (AvgIpc) is 2.48. The van der Waals surface area contributed by atoms with Crippen molar-refractivity contribution in [2.75, 3.05) is 26.7 Å². The third-order valence-corrected chi connectivity index (χ3v) is 3.40. The molecule has 0 aromatic heterocycles. The van der Waals surface area contributed by atoms with Crippen LogP contribution in [0, 0.1) is 0 Å². The topological polar surface area (TPSA) is 29.5 Å². The number of methoxy groups -OCH3 is 1. The first kappa shape index (κ1) is 15.7. The zero-order chi connectivity index (χ0) is 14.1. The van der Waals surface area contributed by atoms with E-state index in [0.717, 1.165) is 31.6 Å². The number of carbonyl (C=O) groups excluding carboxylic acids is 1. The maximum Gasteiger partial charge on any atom is 0.314 e. The number of ether oxygens (including phenoxy) is 1. The van der Waals surface area contributed by atoms with E-state index < -0.39 is 0 Å². The molecular weight excluding hydrogens is 238 g/mol. The number of carbonyl (C=O) groups is 1. The van der Waals surface area contributed by atoms with Crippen LogP contribution in [0.15, 0.2) is 30.3 Å². The molecule has 0 fully saturated rings. The first-order valence-corrected chi connectivity index (χ1v) is 7.08. The molecule has 0 heterocycles. The zero-order valence-corrected chi connectivity index (χ0v) is 12.3. The van der Waals surface area contributed by atoms with Crippen LogP contribution in [0.1, 0.15) is 38.2 Å². The second-order valence-electron chi connectivity index (χ2n) is 4.73. The largest absolute Gasteiger partial charge is 0.469 e. The van der Waals surface area contributed by atoms with Gasteiger partial charge in [-0.1, -0.05) is 50.6 Å². The number of nitrogens with zero attached hydrogens (tertiary/aromatic N) is 1. The summed E-state index contributed by atoms with van der Waals surface area (Å²) >= 11 is 0. The Morgan fingerprint density at radius 1 is 1.26 bits per heavy atom. The van der Waals surface area contributed by atoms with E-state index in [-0.39, 0.29) is 11.9 Å². The Balaban J connectivity index is 2.77. The molecule has 0 bridgehead atoms. The molecule has 0 spiro atoms. The summed E-state index contributed by atoms with van der Waals surface area (Å²) in [6.07, 6.45) is 2.33. The van der Waals surface area contributed by atoms with Crippen LogP contribution in [0.25, 0.3) is 0 Å². The van der Waals surface area contributed by atoms with E-state index in [0.29, 0.717) is 0 Å². The summed E-state index contributed by atoms with van der Waals surface area (Å²) in [4.78, 5) is 14.3. The molecule has 3 nitrogen and oxygen atoms in total. The third kappa shape index (κ3) is 5.03. The second kappa shape index (κ2) is 8.70. The highest BCUT2D eigenvalue weighted by atomic mass is 16.5. The minimum absolute atomic E-state index is 0.152. The Kier molecular flexibility index (Phi) is 7.19. The van der Waals surface area contributed by atoms with Crippen LogP contribution in [0.3, 0.4) is 0 Å². The average molecular weight is 263 g/mol. The molecule has 1 aromatic rings. The lowest BCUT2D eigenvalue weighted by molar-refractivity contribution is -0.142. The molecule has 0 radical (unpaired) electrons. The van der Waals surface area contributed by atoms with Crippen LogP contribution < -0.4 is 0 Å². The number of esters is 1. The number of hydrogen-bond donors (Lipinski definition) is 0. The van der Waals surface area contributed by atoms with Crippen molar-refractivity contribution in [1.29, 1.82) is 0 Å². The van der Waals surface area contributed by atoms with Gasteiger partial charge in [-0.25, -0.2) is 0 Å². The molecule has 0 aliphatic rings. The summed E-state index contributed by atoms with van der Waals surface area (Å²) < 4.78 is 4.95. The minimum Gasteiger partial charge on any atom is -0.469 e. The van der Waals surface area contributed by atoms with Crippen LogP contribution in [0.4, 0.5) is 0 Å². The second-order valence-corrected chi connectivity index (χ2v) is 4.73. The molecule has 0 aliphatic heterocycles. The summed E-state index contributed by atoms with van der Waals surface area (Å²) in [5.74, 6) is -0.343. The molecule has 3 heteroatoms. The van der Waals surface area contributed by atoms with Crippen molar-refractivity contribution in [2.45, 2.75) is 32.6 Å². The summed E-state index contributed by atoms with van der Waals surface area (Å²) in [7, 11) is 1.46. The fraction of sp³-hybridized carbons (Fsp3) is 0.562. The lowest BCUT2D eigenvalue weighted by atomic mass is 9.98. The van der Waals surface area contributed by atoms with E-state index in [4.69, 9.17) is 4.74 Å². The highest BCUT2D eigenvalue weighted by Gasteiger charge is 2.23. The van der Waals surface area contributed by atoms with Gasteiger partial charge in [0.05, 0.1) is 13.0 Å². The van der Waals surface area contributed by atoms with E-state index in [1.54, 1.807) is 0 Å². The van der Waals surface area contributed by atoms with Crippen LogP contribution in [0.5, 0.6) is 0 Å². The summed E-state index contributed by atoms with van der Waals surface area (Å²) in [5.41, 5.74) is 1.03. The SMILES string of the molecule is CCCCN(CC)CC(C(=O)OC)c1ccccc1. The van der Waals surface area contributed by atoms with Crippen LogP contribution in [-0.2, 0) is 9.53 Å². The number of likely N-dealkylation sites (N-methyl/N-ethyl adjacent to an activating group) is 1. The third-order valence-electron chi connectivity index (χ3n) is 3.40. The van der Waals surface area contributed by atoms with Gasteiger partial charge in [0, 0.05) is 6.54 Å². The molecule has 1 atom stereocenters. The number of hydrogen-bond acceptors (Lipinski definition) is 3. The molecule has 1 aromatic carbocycles. The van der Waals surface area contributed by atoms with Gasteiger partial charge >= 0.3 is 5.97 Å². The summed E-state index contributed by atoms with van der Waals surface area (Å²) in [6.45, 7) is 7.04. The van der Waals surface area contributed by atoms with Gasteiger partial charge in [0.25, 0.3) is 0 Å². The van der Waals surface area contributed by atoms with Crippen LogP contribution in [-0.4, -0.2) is 37.6 Å². The molecule has 0 N–H and O–H groups in total. The lowest BCUT2D eigenvalue weighted by Crippen LogP contribution is -2.33. The molecule has 0 saturated carbocycles. The predicted octanol–water partition coefficient (Wildman–Crippen LogP) is 3.07. The van der Waals surface area contributed by atoms with Crippen molar-refractivity contribution >= 4 is 5.97 Å². The first-order valence-electron chi connectivity index (χ1n) is 7.08. The Labute approximate surface area is 116 Å². The highest BCUT2D eigenvalue weighted by Crippen LogP contribution is 2.19. The van der Waals surface area contributed by atoms with Gasteiger partial charge in [0.15, 0.2) is 0 Å². The molecule has 0 saturated heterocycles. The highest BCUT2D eigenvalue weighted by molar-refractivity contribution is 5.78. The van der Waals surface area contributed by atoms with E-state index in [1.807, 2.05) is 30.3 Å². The molecule has 0 aliphatic carbocycles. The van der Waals surface area contributed by atoms with Gasteiger partial charge in [0.1, 0.15) is 0 Å². The summed E-state index contributed by atoms with van der Waals surface area (Å²) in [5, 5.41) is 0. The molecule has 1 rings (SSSR count). The Hall–Kier alpha value is -1.35. The van der Waals surface area contributed by atoms with Crippen molar-refractivity contribution in [3.8, 4) is 0 Å². The maximum absolute atomic E-state index is 12.0. The number of unbranched alkanes of at least 4 members (excludes halogenated alkanes) is 1. The fourth-order valence-electron chi connectivity index (χ4n) is 2.16. The fourth-order valence-corrected chi connectivity index (χ4v) is 2.16. The van der Waals surface area contributed by atoms with Gasteiger partial charge in [-0.2, -0.15) is 0 Å². The van der Waals surface area contributed by atoms with E-state index in [9.17, 15) is 4.79 Å². The Morgan fingerprint density at radius 2 is 1.95 bits per heavy atom. The smallest absolute Gasteiger partial charge is 0.314 e. The monoisotopic (exact) mass is 263 g/mol. The van der Waals surface area contributed by atoms with Gasteiger partial charge in [0.2, 0.25) is 0 Å². The van der Waals surface area contributed by atoms with Gasteiger partial charge in [-0.05, 0) is 25.1 Å². The van der Waals surface area contributed by atoms with Crippen molar-refractivity contribution in [3.63, 3.8) is 0 Å². The molecule has 106 valence electrons. The molecule has 0 amide bonds. The van der Waals surface area contributed by atoms with Crippen molar-refractivity contribution in [1.82, 2.24) is 4.90 Å². The van der Waals surface area contributed by atoms with Gasteiger partial charge in [-0.15, -0.1) is 0 Å². The standard InChI is InChI=1S/C16H25NO2/c1-4-6-12-17(5-2)13-15(16(18)19-3)14-10-8-7-9-11-14/h7-11,15H,4-6,12-13H2,1-3H3. The lowest BCUT2D eigenvalue weighted by Gasteiger charge is -2.25. The molecule has 19 heavy (non-hydrogen) atoms. The van der Waals surface area contributed by atoms with Gasteiger partial charge in [-0.3, -0.25) is 4.79 Å². The van der Waals surface area contributed by atoms with Crippen LogP contribution >= 0.6 is 0 Å². The normalized spacial score (nSPS) is 12.4. The zero-order valence-electron chi connectivity index (χ0n) is 12.3. The molecule has 1 unspecified atom stereocenters. The Morgan fingerprint density at radius 3 is 2.47 bits per heavy atom. The number of rotatable bonds is 8. The molecular formula is C16H25NO2. The van der Waals surface area contributed by atoms with Gasteiger partial charge < -0.3 is 9.64 Å². The van der Waals surface area contributed by atoms with Crippen LogP contribution in [0.2, 0.25) is 0 Å².